The summed E-state index contributed by atoms with van der Waals surface area (Å²) >= 11 is 0. The topological polar surface area (TPSA) is 108 Å². The fourth-order valence-corrected chi connectivity index (χ4v) is 2.04. The Labute approximate surface area is 134 Å². The first-order chi connectivity index (χ1) is 10.8. The Balaban J connectivity index is 2.58. The van der Waals surface area contributed by atoms with Crippen molar-refractivity contribution >= 4 is 17.8 Å². The van der Waals surface area contributed by atoms with Crippen molar-refractivity contribution in [1.82, 2.24) is 10.5 Å². The normalized spacial score (nSPS) is 11.9. The minimum Gasteiger partial charge on any atom is -0.467 e. The molecule has 0 radical (unpaired) electrons. The molecule has 8 nitrogen and oxygen atoms in total. The van der Waals surface area contributed by atoms with Crippen LogP contribution >= 0.6 is 0 Å². The van der Waals surface area contributed by atoms with Crippen molar-refractivity contribution in [3.05, 3.63) is 17.0 Å². The highest BCUT2D eigenvalue weighted by Gasteiger charge is 2.24. The molecule has 1 aromatic rings. The Kier molecular flexibility index (Phi) is 6.74. The zero-order valence-corrected chi connectivity index (χ0v) is 14.0. The molecule has 0 aromatic carbocycles. The third-order valence-electron chi connectivity index (χ3n) is 3.10. The van der Waals surface area contributed by atoms with Gasteiger partial charge in [0, 0.05) is 0 Å². The smallest absolute Gasteiger partial charge is 0.344 e. The molecule has 0 saturated heterocycles. The van der Waals surface area contributed by atoms with Crippen molar-refractivity contribution in [3.8, 4) is 0 Å². The van der Waals surface area contributed by atoms with Gasteiger partial charge >= 0.3 is 11.9 Å². The number of nitrogens with zero attached hydrogens (tertiary/aromatic N) is 1. The van der Waals surface area contributed by atoms with E-state index in [1.165, 1.54) is 7.11 Å². The van der Waals surface area contributed by atoms with E-state index >= 15 is 0 Å². The molecule has 0 saturated carbocycles. The molecule has 0 aliphatic heterocycles. The van der Waals surface area contributed by atoms with Gasteiger partial charge in [0.2, 0.25) is 0 Å². The average Bonchev–Trinajstić information content (AvgIpc) is 2.82. The monoisotopic (exact) mass is 326 g/mol. The summed E-state index contributed by atoms with van der Waals surface area (Å²) in [6.07, 6.45) is 0.427. The van der Waals surface area contributed by atoms with Crippen LogP contribution in [0.1, 0.15) is 42.1 Å². The van der Waals surface area contributed by atoms with Gasteiger partial charge in [-0.15, -0.1) is 0 Å². The van der Waals surface area contributed by atoms with E-state index in [9.17, 15) is 14.4 Å². The number of carbonyl (C=O) groups excluding carboxylic acids is 3. The molecule has 1 amide bonds. The maximum Gasteiger partial charge on any atom is 0.344 e. The van der Waals surface area contributed by atoms with Crippen LogP contribution in [-0.4, -0.2) is 42.8 Å². The van der Waals surface area contributed by atoms with Crippen molar-refractivity contribution in [2.75, 3.05) is 13.7 Å². The summed E-state index contributed by atoms with van der Waals surface area (Å²) < 4.78 is 14.4. The third-order valence-corrected chi connectivity index (χ3v) is 3.10. The molecule has 1 aromatic heterocycles. The number of hydrogen-bond donors (Lipinski definition) is 1. The first kappa shape index (κ1) is 18.7. The van der Waals surface area contributed by atoms with Gasteiger partial charge < -0.3 is 19.3 Å². The molecule has 1 rings (SSSR count). The van der Waals surface area contributed by atoms with Crippen LogP contribution in [-0.2, 0) is 19.1 Å². The Morgan fingerprint density at radius 3 is 2.39 bits per heavy atom. The first-order valence-electron chi connectivity index (χ1n) is 7.23. The number of aryl methyl sites for hydroxylation is 2. The van der Waals surface area contributed by atoms with Crippen molar-refractivity contribution in [1.29, 1.82) is 0 Å². The van der Waals surface area contributed by atoms with E-state index in [0.29, 0.717) is 17.9 Å². The summed E-state index contributed by atoms with van der Waals surface area (Å²) in [5, 5.41) is 6.14. The van der Waals surface area contributed by atoms with Gasteiger partial charge in [-0.1, -0.05) is 19.0 Å². The molecule has 0 bridgehead atoms. The minimum atomic E-state index is -0.773. The molecular formula is C15H22N2O6. The van der Waals surface area contributed by atoms with Crippen LogP contribution in [0.15, 0.2) is 4.52 Å². The highest BCUT2D eigenvalue weighted by molar-refractivity contribution is 5.93. The second-order valence-electron chi connectivity index (χ2n) is 5.55. The molecule has 0 fully saturated rings. The fraction of sp³-hybridized carbons (Fsp3) is 0.600. The zero-order chi connectivity index (χ0) is 17.6. The van der Waals surface area contributed by atoms with Gasteiger partial charge in [0.05, 0.1) is 12.8 Å². The van der Waals surface area contributed by atoms with Crippen LogP contribution in [0.4, 0.5) is 0 Å². The quantitative estimate of drug-likeness (QED) is 0.749. The van der Waals surface area contributed by atoms with E-state index in [4.69, 9.17) is 9.26 Å². The molecule has 1 heterocycles. The molecular weight excluding hydrogens is 304 g/mol. The number of methoxy groups -OCH3 is 1. The summed E-state index contributed by atoms with van der Waals surface area (Å²) in [6, 6.07) is -0.773. The van der Waals surface area contributed by atoms with Gasteiger partial charge in [-0.05, 0) is 26.2 Å². The lowest BCUT2D eigenvalue weighted by Gasteiger charge is -2.18. The molecule has 1 unspecified atom stereocenters. The van der Waals surface area contributed by atoms with Gasteiger partial charge in [0.25, 0.3) is 5.91 Å². The van der Waals surface area contributed by atoms with Crippen LogP contribution in [0.2, 0.25) is 0 Å². The van der Waals surface area contributed by atoms with E-state index in [1.54, 1.807) is 13.8 Å². The van der Waals surface area contributed by atoms with E-state index in [0.717, 1.165) is 0 Å². The van der Waals surface area contributed by atoms with Crippen LogP contribution in [0.5, 0.6) is 0 Å². The second kappa shape index (κ2) is 8.30. The van der Waals surface area contributed by atoms with Gasteiger partial charge in [0.1, 0.15) is 17.4 Å². The van der Waals surface area contributed by atoms with E-state index in [1.807, 2.05) is 13.8 Å². The van der Waals surface area contributed by atoms with Crippen molar-refractivity contribution < 1.29 is 28.4 Å². The lowest BCUT2D eigenvalue weighted by molar-refractivity contribution is -0.145. The second-order valence-corrected chi connectivity index (χ2v) is 5.55. The molecule has 23 heavy (non-hydrogen) atoms. The number of carbonyl (C=O) groups is 3. The number of rotatable bonds is 7. The Morgan fingerprint density at radius 2 is 1.91 bits per heavy atom. The fourth-order valence-electron chi connectivity index (χ4n) is 2.04. The van der Waals surface area contributed by atoms with Gasteiger partial charge in [0.15, 0.2) is 6.61 Å². The Morgan fingerprint density at radius 1 is 1.26 bits per heavy atom. The molecule has 0 aliphatic carbocycles. The number of aromatic nitrogens is 1. The maximum absolute atomic E-state index is 11.9. The van der Waals surface area contributed by atoms with Crippen LogP contribution in [0.25, 0.3) is 0 Å². The predicted octanol–water partition coefficient (Wildman–Crippen LogP) is 1.15. The van der Waals surface area contributed by atoms with Gasteiger partial charge in [-0.2, -0.15) is 0 Å². The number of esters is 2. The molecule has 1 N–H and O–H groups in total. The van der Waals surface area contributed by atoms with Crippen molar-refractivity contribution in [2.24, 2.45) is 5.92 Å². The summed E-state index contributed by atoms with van der Waals surface area (Å²) in [6.45, 7) is 6.50. The number of amides is 1. The van der Waals surface area contributed by atoms with Gasteiger partial charge in [-0.3, -0.25) is 4.79 Å². The molecule has 128 valence electrons. The molecule has 1 atom stereocenters. The van der Waals surface area contributed by atoms with E-state index in [-0.39, 0.29) is 11.5 Å². The van der Waals surface area contributed by atoms with Crippen LogP contribution < -0.4 is 5.32 Å². The SMILES string of the molecule is COC(=O)C(CC(C)C)NC(=O)COC(=O)c1c(C)noc1C. The highest BCUT2D eigenvalue weighted by atomic mass is 16.5. The van der Waals surface area contributed by atoms with Gasteiger partial charge in [-0.25, -0.2) is 9.59 Å². The first-order valence-corrected chi connectivity index (χ1v) is 7.23. The van der Waals surface area contributed by atoms with Crippen LogP contribution in [0.3, 0.4) is 0 Å². The molecule has 0 spiro atoms. The predicted molar refractivity (Wildman–Crippen MR) is 79.7 cm³/mol. The van der Waals surface area contributed by atoms with E-state index < -0.39 is 30.5 Å². The summed E-state index contributed by atoms with van der Waals surface area (Å²) in [4.78, 5) is 35.4. The van der Waals surface area contributed by atoms with Crippen molar-refractivity contribution in [2.45, 2.75) is 40.2 Å². The zero-order valence-electron chi connectivity index (χ0n) is 14.0. The largest absolute Gasteiger partial charge is 0.467 e. The average molecular weight is 326 g/mol. The van der Waals surface area contributed by atoms with Crippen LogP contribution in [0, 0.1) is 19.8 Å². The van der Waals surface area contributed by atoms with E-state index in [2.05, 4.69) is 15.2 Å². The number of ether oxygens (including phenoxy) is 2. The highest BCUT2D eigenvalue weighted by Crippen LogP contribution is 2.13. The summed E-state index contributed by atoms with van der Waals surface area (Å²) in [7, 11) is 1.25. The Bertz CT molecular complexity index is 559. The van der Waals surface area contributed by atoms with Crippen molar-refractivity contribution in [3.63, 3.8) is 0 Å². The Hall–Kier alpha value is -2.38. The molecule has 8 heteroatoms. The summed E-state index contributed by atoms with van der Waals surface area (Å²) in [5.74, 6) is -1.32. The third kappa shape index (κ3) is 5.39. The lowest BCUT2D eigenvalue weighted by Crippen LogP contribution is -2.44. The number of hydrogen-bond acceptors (Lipinski definition) is 7. The molecule has 0 aliphatic rings. The summed E-state index contributed by atoms with van der Waals surface area (Å²) in [5.41, 5.74) is 0.588. The standard InChI is InChI=1S/C15H22N2O6/c1-8(2)6-11(14(19)21-5)16-12(18)7-22-15(20)13-9(3)17-23-10(13)4/h8,11H,6-7H2,1-5H3,(H,16,18). The number of nitrogens with one attached hydrogen (secondary N) is 1. The lowest BCUT2D eigenvalue weighted by atomic mass is 10.0. The maximum atomic E-state index is 11.9. The minimum absolute atomic E-state index is 0.184.